The lowest BCUT2D eigenvalue weighted by Gasteiger charge is -2.19. The van der Waals surface area contributed by atoms with E-state index in [0.29, 0.717) is 18.6 Å². The van der Waals surface area contributed by atoms with E-state index in [1.807, 2.05) is 0 Å². The van der Waals surface area contributed by atoms with Crippen molar-refractivity contribution in [2.24, 2.45) is 0 Å². The summed E-state index contributed by atoms with van der Waals surface area (Å²) in [5.74, 6) is -0.403. The van der Waals surface area contributed by atoms with E-state index in [1.165, 1.54) is 6.07 Å². The van der Waals surface area contributed by atoms with Crippen molar-refractivity contribution >= 4 is 6.09 Å². The average Bonchev–Trinajstić information content (AvgIpc) is 2.67. The van der Waals surface area contributed by atoms with Gasteiger partial charge in [0.2, 0.25) is 0 Å². The van der Waals surface area contributed by atoms with E-state index >= 15 is 0 Å². The van der Waals surface area contributed by atoms with Crippen molar-refractivity contribution in [2.45, 2.75) is 12.5 Å². The molecular formula is C10H10FNO3. The Labute approximate surface area is 85.8 Å². The van der Waals surface area contributed by atoms with Crippen LogP contribution >= 0.6 is 0 Å². The maximum atomic E-state index is 13.4. The van der Waals surface area contributed by atoms with E-state index in [-0.39, 0.29) is 0 Å². The molecule has 0 aromatic heterocycles. The molecule has 0 aliphatic carbocycles. The van der Waals surface area contributed by atoms with Gasteiger partial charge in [-0.3, -0.25) is 4.84 Å². The SMILES string of the molecule is O=C(O)N1OCCC1c1ccccc1F. The summed E-state index contributed by atoms with van der Waals surface area (Å²) in [5.41, 5.74) is 0.359. The van der Waals surface area contributed by atoms with Crippen molar-refractivity contribution in [3.8, 4) is 0 Å². The van der Waals surface area contributed by atoms with Crippen LogP contribution in [0.25, 0.3) is 0 Å². The smallest absolute Gasteiger partial charge is 0.432 e. The van der Waals surface area contributed by atoms with Crippen LogP contribution in [0.3, 0.4) is 0 Å². The minimum atomic E-state index is -1.19. The molecule has 1 saturated heterocycles. The highest BCUT2D eigenvalue weighted by Gasteiger charge is 2.33. The predicted molar refractivity (Wildman–Crippen MR) is 49.6 cm³/mol. The van der Waals surface area contributed by atoms with Gasteiger partial charge in [0.25, 0.3) is 0 Å². The second-order valence-corrected chi connectivity index (χ2v) is 3.27. The Balaban J connectivity index is 2.30. The average molecular weight is 211 g/mol. The summed E-state index contributed by atoms with van der Waals surface area (Å²) < 4.78 is 13.4. The molecule has 4 nitrogen and oxygen atoms in total. The second-order valence-electron chi connectivity index (χ2n) is 3.27. The van der Waals surface area contributed by atoms with E-state index < -0.39 is 18.0 Å². The number of nitrogens with zero attached hydrogens (tertiary/aromatic N) is 1. The summed E-state index contributed by atoms with van der Waals surface area (Å²) in [6.07, 6.45) is -0.714. The molecule has 2 rings (SSSR count). The van der Waals surface area contributed by atoms with Crippen LogP contribution in [0.2, 0.25) is 0 Å². The van der Waals surface area contributed by atoms with Crippen LogP contribution in [-0.4, -0.2) is 22.9 Å². The van der Waals surface area contributed by atoms with Gasteiger partial charge < -0.3 is 5.11 Å². The number of hydrogen-bond acceptors (Lipinski definition) is 2. The van der Waals surface area contributed by atoms with Crippen molar-refractivity contribution in [1.29, 1.82) is 0 Å². The van der Waals surface area contributed by atoms with Gasteiger partial charge in [0.15, 0.2) is 0 Å². The quantitative estimate of drug-likeness (QED) is 0.774. The van der Waals surface area contributed by atoms with Crippen LogP contribution in [0.1, 0.15) is 18.0 Å². The monoisotopic (exact) mass is 211 g/mol. The lowest BCUT2D eigenvalue weighted by molar-refractivity contribution is -0.104. The topological polar surface area (TPSA) is 49.8 Å². The Bertz CT molecular complexity index is 383. The lowest BCUT2D eigenvalue weighted by Crippen LogP contribution is -2.28. The first kappa shape index (κ1) is 9.92. The zero-order valence-corrected chi connectivity index (χ0v) is 7.89. The molecule has 1 aliphatic heterocycles. The van der Waals surface area contributed by atoms with Gasteiger partial charge in [-0.25, -0.2) is 9.18 Å². The first-order valence-electron chi connectivity index (χ1n) is 4.59. The molecule has 1 heterocycles. The first-order valence-corrected chi connectivity index (χ1v) is 4.59. The van der Waals surface area contributed by atoms with Gasteiger partial charge in [-0.05, 0) is 6.07 Å². The van der Waals surface area contributed by atoms with E-state index in [1.54, 1.807) is 18.2 Å². The molecule has 1 N–H and O–H groups in total. The molecule has 1 aliphatic rings. The molecular weight excluding hydrogens is 201 g/mol. The van der Waals surface area contributed by atoms with Crippen molar-refractivity contribution in [3.63, 3.8) is 0 Å². The van der Waals surface area contributed by atoms with Crippen molar-refractivity contribution in [1.82, 2.24) is 5.06 Å². The lowest BCUT2D eigenvalue weighted by atomic mass is 10.0. The van der Waals surface area contributed by atoms with Gasteiger partial charge >= 0.3 is 6.09 Å². The number of benzene rings is 1. The van der Waals surface area contributed by atoms with Crippen molar-refractivity contribution < 1.29 is 19.1 Å². The number of amides is 1. The fourth-order valence-corrected chi connectivity index (χ4v) is 1.69. The van der Waals surface area contributed by atoms with Gasteiger partial charge in [-0.1, -0.05) is 18.2 Å². The number of rotatable bonds is 1. The number of halogens is 1. The molecule has 0 radical (unpaired) electrons. The molecule has 1 unspecified atom stereocenters. The summed E-state index contributed by atoms with van der Waals surface area (Å²) in [4.78, 5) is 15.7. The molecule has 15 heavy (non-hydrogen) atoms. The minimum Gasteiger partial charge on any atom is -0.463 e. The molecule has 5 heteroatoms. The molecule has 1 aromatic rings. The van der Waals surface area contributed by atoms with Gasteiger partial charge in [-0.15, -0.1) is 0 Å². The standard InChI is InChI=1S/C10H10FNO3/c11-8-4-2-1-3-7(8)9-5-6-15-12(9)10(13)14/h1-4,9H,5-6H2,(H,13,14). The maximum Gasteiger partial charge on any atom is 0.432 e. The fraction of sp³-hybridized carbons (Fsp3) is 0.300. The third-order valence-electron chi connectivity index (χ3n) is 2.36. The summed E-state index contributed by atoms with van der Waals surface area (Å²) in [6, 6.07) is 5.60. The van der Waals surface area contributed by atoms with Crippen molar-refractivity contribution in [2.75, 3.05) is 6.61 Å². The normalized spacial score (nSPS) is 20.6. The highest BCUT2D eigenvalue weighted by molar-refractivity contribution is 5.64. The Kier molecular flexibility index (Phi) is 2.55. The Morgan fingerprint density at radius 2 is 2.27 bits per heavy atom. The molecule has 1 aromatic carbocycles. The predicted octanol–water partition coefficient (Wildman–Crippen LogP) is 2.18. The second kappa shape index (κ2) is 3.86. The minimum absolute atomic E-state index is 0.297. The summed E-state index contributed by atoms with van der Waals surface area (Å²) in [7, 11) is 0. The highest BCUT2D eigenvalue weighted by Crippen LogP contribution is 2.31. The largest absolute Gasteiger partial charge is 0.463 e. The van der Waals surface area contributed by atoms with Crippen LogP contribution in [0.4, 0.5) is 9.18 Å². The van der Waals surface area contributed by atoms with Crippen molar-refractivity contribution in [3.05, 3.63) is 35.6 Å². The Morgan fingerprint density at radius 1 is 1.53 bits per heavy atom. The molecule has 0 bridgehead atoms. The van der Waals surface area contributed by atoms with Crippen LogP contribution in [0.15, 0.2) is 24.3 Å². The van der Waals surface area contributed by atoms with Crippen LogP contribution in [0.5, 0.6) is 0 Å². The highest BCUT2D eigenvalue weighted by atomic mass is 19.1. The molecule has 0 saturated carbocycles. The van der Waals surface area contributed by atoms with Gasteiger partial charge in [0.05, 0.1) is 12.6 Å². The number of carboxylic acid groups (broad SMARTS) is 1. The van der Waals surface area contributed by atoms with E-state index in [2.05, 4.69) is 0 Å². The number of hydroxylamine groups is 2. The van der Waals surface area contributed by atoms with Crippen LogP contribution in [0, 0.1) is 5.82 Å². The summed E-state index contributed by atoms with van der Waals surface area (Å²) >= 11 is 0. The van der Waals surface area contributed by atoms with E-state index in [9.17, 15) is 9.18 Å². The molecule has 1 atom stereocenters. The third-order valence-corrected chi connectivity index (χ3v) is 2.36. The Hall–Kier alpha value is -1.62. The number of hydrogen-bond donors (Lipinski definition) is 1. The van der Waals surface area contributed by atoms with Gasteiger partial charge in [0.1, 0.15) is 5.82 Å². The molecule has 1 amide bonds. The molecule has 80 valence electrons. The zero-order chi connectivity index (χ0) is 10.8. The summed E-state index contributed by atoms with van der Waals surface area (Å²) in [6.45, 7) is 0.297. The van der Waals surface area contributed by atoms with Crippen LogP contribution < -0.4 is 0 Å². The Morgan fingerprint density at radius 3 is 2.93 bits per heavy atom. The van der Waals surface area contributed by atoms with E-state index in [0.717, 1.165) is 5.06 Å². The first-order chi connectivity index (χ1) is 7.20. The maximum absolute atomic E-state index is 13.4. The summed E-state index contributed by atoms with van der Waals surface area (Å²) in [5, 5.41) is 9.62. The van der Waals surface area contributed by atoms with E-state index in [4.69, 9.17) is 9.94 Å². The van der Waals surface area contributed by atoms with Gasteiger partial charge in [-0.2, -0.15) is 5.06 Å². The fourth-order valence-electron chi connectivity index (χ4n) is 1.69. The third kappa shape index (κ3) is 1.78. The molecule has 0 spiro atoms. The molecule has 1 fully saturated rings. The van der Waals surface area contributed by atoms with Gasteiger partial charge in [0, 0.05) is 12.0 Å². The van der Waals surface area contributed by atoms with Crippen LogP contribution in [-0.2, 0) is 4.84 Å². The zero-order valence-electron chi connectivity index (χ0n) is 7.89. The number of carbonyl (C=O) groups is 1.